The van der Waals surface area contributed by atoms with E-state index in [1.807, 2.05) is 6.20 Å². The van der Waals surface area contributed by atoms with Crippen LogP contribution in [0.4, 0.5) is 11.5 Å². The van der Waals surface area contributed by atoms with Crippen LogP contribution in [0.25, 0.3) is 22.9 Å². The number of aliphatic hydroxyl groups is 1. The quantitative estimate of drug-likeness (QED) is 0.385. The number of imidazole rings is 1. The lowest BCUT2D eigenvalue weighted by atomic mass is 9.78. The number of piperazine rings is 1. The van der Waals surface area contributed by atoms with Gasteiger partial charge in [0.25, 0.3) is 0 Å². The van der Waals surface area contributed by atoms with Crippen LogP contribution < -0.4 is 10.6 Å². The van der Waals surface area contributed by atoms with E-state index >= 15 is 0 Å². The minimum atomic E-state index is 0.183. The van der Waals surface area contributed by atoms with Crippen molar-refractivity contribution in [2.75, 3.05) is 57.0 Å². The van der Waals surface area contributed by atoms with Gasteiger partial charge in [0.2, 0.25) is 0 Å². The van der Waals surface area contributed by atoms with Gasteiger partial charge in [0.1, 0.15) is 22.9 Å². The Morgan fingerprint density at radius 1 is 1.02 bits per heavy atom. The fourth-order valence-corrected chi connectivity index (χ4v) is 6.76. The summed E-state index contributed by atoms with van der Waals surface area (Å²) in [6, 6.07) is 18.0. The third-order valence-corrected chi connectivity index (χ3v) is 9.13. The highest BCUT2D eigenvalue weighted by Crippen LogP contribution is 2.43. The summed E-state index contributed by atoms with van der Waals surface area (Å²) in [4.78, 5) is 17.0. The first-order chi connectivity index (χ1) is 19.6. The van der Waals surface area contributed by atoms with E-state index in [0.717, 1.165) is 68.2 Å². The Morgan fingerprint density at radius 2 is 1.82 bits per heavy atom. The summed E-state index contributed by atoms with van der Waals surface area (Å²) in [5.74, 6) is 2.00. The van der Waals surface area contributed by atoms with E-state index in [4.69, 9.17) is 10.7 Å². The number of hydrogen-bond acceptors (Lipinski definition) is 7. The van der Waals surface area contributed by atoms with Crippen molar-refractivity contribution in [3.8, 4) is 11.3 Å². The van der Waals surface area contributed by atoms with Crippen LogP contribution >= 0.6 is 0 Å². The number of aliphatic hydroxyl groups excluding tert-OH is 1. The van der Waals surface area contributed by atoms with Gasteiger partial charge in [-0.2, -0.15) is 0 Å². The lowest BCUT2D eigenvalue weighted by molar-refractivity contribution is 0.0440. The Balaban J connectivity index is 1.17. The maximum Gasteiger partial charge on any atom is 0.150 e. The van der Waals surface area contributed by atoms with Gasteiger partial charge < -0.3 is 15.7 Å². The van der Waals surface area contributed by atoms with Crippen molar-refractivity contribution >= 4 is 23.1 Å². The first kappa shape index (κ1) is 25.3. The van der Waals surface area contributed by atoms with E-state index in [2.05, 4.69) is 91.8 Å². The van der Waals surface area contributed by atoms with Crippen LogP contribution in [0.5, 0.6) is 0 Å². The maximum atomic E-state index is 9.25. The molecule has 1 atom stereocenters. The number of benzene rings is 2. The molecule has 40 heavy (non-hydrogen) atoms. The standard InChI is InChI=1S/C32H37N7O/c1-36-27(22-5-3-2-4-6-22)10-9-23-7-8-24(21-28(23)36)29-30-31(33)34-11-12-39(30)32(35-29)25-19-26(20-25)38-15-13-37(14-16-38)17-18-40/h2-12,21,25-27,40H,13-20H2,1H3,(H2,33,34). The fraction of sp³-hybridized carbons (Fsp3) is 0.375. The molecule has 2 aromatic heterocycles. The van der Waals surface area contributed by atoms with Crippen LogP contribution in [0, 0.1) is 0 Å². The minimum absolute atomic E-state index is 0.183. The van der Waals surface area contributed by atoms with Crippen LogP contribution in [-0.4, -0.2) is 81.7 Å². The first-order valence-electron chi connectivity index (χ1n) is 14.4. The summed E-state index contributed by atoms with van der Waals surface area (Å²) in [7, 11) is 2.16. The number of hydrogen-bond donors (Lipinski definition) is 2. The molecule has 1 saturated heterocycles. The number of aromatic nitrogens is 3. The van der Waals surface area contributed by atoms with E-state index in [1.54, 1.807) is 6.20 Å². The number of nitrogens with two attached hydrogens (primary N) is 1. The van der Waals surface area contributed by atoms with Gasteiger partial charge in [-0.25, -0.2) is 9.97 Å². The molecule has 2 fully saturated rings. The van der Waals surface area contributed by atoms with Crippen LogP contribution in [0.3, 0.4) is 0 Å². The van der Waals surface area contributed by atoms with Crippen LogP contribution in [0.15, 0.2) is 67.0 Å². The van der Waals surface area contributed by atoms with Crippen LogP contribution in [0.1, 0.15) is 41.8 Å². The molecule has 0 radical (unpaired) electrons. The molecule has 3 aliphatic rings. The second kappa shape index (κ2) is 10.4. The topological polar surface area (TPSA) is 86.2 Å². The molecule has 4 heterocycles. The SMILES string of the molecule is CN1c2cc(-c3nc(C4CC(N5CCN(CCO)CC5)C4)n4ccnc(N)c34)ccc2C=CC1c1ccccc1. The van der Waals surface area contributed by atoms with Crippen LogP contribution in [-0.2, 0) is 0 Å². The number of nitrogens with zero attached hydrogens (tertiary/aromatic N) is 6. The highest BCUT2D eigenvalue weighted by molar-refractivity contribution is 5.88. The molecule has 8 nitrogen and oxygen atoms in total. The lowest BCUT2D eigenvalue weighted by Crippen LogP contribution is -2.54. The third-order valence-electron chi connectivity index (χ3n) is 9.13. The van der Waals surface area contributed by atoms with Crippen LogP contribution in [0.2, 0.25) is 0 Å². The molecule has 1 aliphatic carbocycles. The molecule has 0 bridgehead atoms. The molecule has 1 saturated carbocycles. The van der Waals surface area contributed by atoms with E-state index in [9.17, 15) is 5.11 Å². The molecule has 206 valence electrons. The molecular weight excluding hydrogens is 498 g/mol. The van der Waals surface area contributed by atoms with Crippen molar-refractivity contribution in [1.29, 1.82) is 0 Å². The zero-order chi connectivity index (χ0) is 27.2. The van der Waals surface area contributed by atoms with Crippen molar-refractivity contribution in [2.45, 2.75) is 30.8 Å². The smallest absolute Gasteiger partial charge is 0.150 e. The Bertz CT molecular complexity index is 1530. The Hall–Kier alpha value is -3.72. The third kappa shape index (κ3) is 4.36. The van der Waals surface area contributed by atoms with E-state index in [1.165, 1.54) is 16.8 Å². The number of anilines is 2. The molecular formula is C32H37N7O. The van der Waals surface area contributed by atoms with Gasteiger partial charge in [-0.1, -0.05) is 54.6 Å². The van der Waals surface area contributed by atoms with Crippen molar-refractivity contribution < 1.29 is 5.11 Å². The van der Waals surface area contributed by atoms with Gasteiger partial charge >= 0.3 is 0 Å². The van der Waals surface area contributed by atoms with Gasteiger partial charge in [0.15, 0.2) is 0 Å². The van der Waals surface area contributed by atoms with Gasteiger partial charge in [-0.05, 0) is 30.0 Å². The molecule has 7 rings (SSSR count). The van der Waals surface area contributed by atoms with Gasteiger partial charge in [0.05, 0.1) is 12.6 Å². The molecule has 4 aromatic rings. The normalized spacial score (nSPS) is 23.4. The Labute approximate surface area is 235 Å². The molecule has 8 heteroatoms. The molecule has 2 aliphatic heterocycles. The summed E-state index contributed by atoms with van der Waals surface area (Å²) in [5, 5.41) is 9.25. The second-order valence-corrected chi connectivity index (χ2v) is 11.4. The van der Waals surface area contributed by atoms with E-state index in [0.29, 0.717) is 17.8 Å². The number of β-amino-alcohol motifs (C(OH)–C–C–N with tert-alkyl or cyclic N) is 1. The molecule has 0 amide bonds. The zero-order valence-corrected chi connectivity index (χ0v) is 23.0. The molecule has 2 aromatic carbocycles. The maximum absolute atomic E-state index is 9.25. The van der Waals surface area contributed by atoms with E-state index in [-0.39, 0.29) is 12.6 Å². The predicted octanol–water partition coefficient (Wildman–Crippen LogP) is 4.04. The molecule has 0 spiro atoms. The Kier molecular flexibility index (Phi) is 6.54. The average molecular weight is 536 g/mol. The van der Waals surface area contributed by atoms with Crippen molar-refractivity contribution in [3.63, 3.8) is 0 Å². The largest absolute Gasteiger partial charge is 0.395 e. The van der Waals surface area contributed by atoms with Crippen molar-refractivity contribution in [1.82, 2.24) is 24.2 Å². The van der Waals surface area contributed by atoms with E-state index < -0.39 is 0 Å². The summed E-state index contributed by atoms with van der Waals surface area (Å²) in [6.07, 6.45) is 10.5. The highest BCUT2D eigenvalue weighted by Gasteiger charge is 2.38. The predicted molar refractivity (Wildman–Crippen MR) is 160 cm³/mol. The van der Waals surface area contributed by atoms with Crippen molar-refractivity contribution in [3.05, 3.63) is 84.0 Å². The summed E-state index contributed by atoms with van der Waals surface area (Å²) in [6.45, 7) is 5.23. The number of fused-ring (bicyclic) bond motifs is 2. The number of nitrogen functional groups attached to an aromatic ring is 1. The lowest BCUT2D eigenvalue weighted by Gasteiger charge is -2.46. The fourth-order valence-electron chi connectivity index (χ4n) is 6.76. The Morgan fingerprint density at radius 3 is 2.60 bits per heavy atom. The average Bonchev–Trinajstić information content (AvgIpc) is 3.34. The number of likely N-dealkylation sites (N-methyl/N-ethyl adjacent to an activating group) is 1. The summed E-state index contributed by atoms with van der Waals surface area (Å²) >= 11 is 0. The molecule has 3 N–H and O–H groups in total. The van der Waals surface area contributed by atoms with Crippen molar-refractivity contribution in [2.24, 2.45) is 0 Å². The van der Waals surface area contributed by atoms with Gasteiger partial charge in [-0.3, -0.25) is 14.2 Å². The minimum Gasteiger partial charge on any atom is -0.395 e. The summed E-state index contributed by atoms with van der Waals surface area (Å²) in [5.41, 5.74) is 13.0. The second-order valence-electron chi connectivity index (χ2n) is 11.4. The van der Waals surface area contributed by atoms with Gasteiger partial charge in [0, 0.05) is 75.4 Å². The number of rotatable bonds is 6. The molecule has 1 unspecified atom stereocenters. The summed E-state index contributed by atoms with van der Waals surface area (Å²) < 4.78 is 2.17. The van der Waals surface area contributed by atoms with Gasteiger partial charge in [-0.15, -0.1) is 0 Å². The highest BCUT2D eigenvalue weighted by atomic mass is 16.3. The zero-order valence-electron chi connectivity index (χ0n) is 23.0. The first-order valence-corrected chi connectivity index (χ1v) is 14.4. The monoisotopic (exact) mass is 535 g/mol.